The van der Waals surface area contributed by atoms with Gasteiger partial charge in [0, 0.05) is 10.0 Å². The summed E-state index contributed by atoms with van der Waals surface area (Å²) in [5.41, 5.74) is 2.25. The van der Waals surface area contributed by atoms with Crippen molar-refractivity contribution in [2.45, 2.75) is 26.8 Å². The van der Waals surface area contributed by atoms with Crippen molar-refractivity contribution in [1.29, 1.82) is 0 Å². The van der Waals surface area contributed by atoms with Crippen LogP contribution in [0.15, 0.2) is 74.1 Å². The molecule has 33 heavy (non-hydrogen) atoms. The van der Waals surface area contributed by atoms with Gasteiger partial charge in [0.25, 0.3) is 5.56 Å². The molecule has 0 amide bonds. The third-order valence-corrected chi connectivity index (χ3v) is 6.65. The first-order valence-corrected chi connectivity index (χ1v) is 12.2. The zero-order valence-corrected chi connectivity index (χ0v) is 20.9. The number of nitrogens with zero attached hydrogens (tertiary/aromatic N) is 2. The van der Waals surface area contributed by atoms with E-state index in [1.54, 1.807) is 18.4 Å². The fourth-order valence-corrected chi connectivity index (χ4v) is 5.29. The lowest BCUT2D eigenvalue weighted by atomic mass is 9.95. The average molecular weight is 527 g/mol. The molecule has 0 spiro atoms. The molecule has 4 rings (SSSR count). The molecule has 0 unspecified atom stereocenters. The summed E-state index contributed by atoms with van der Waals surface area (Å²) in [7, 11) is 0. The number of para-hydroxylation sites is 1. The van der Waals surface area contributed by atoms with E-state index in [9.17, 15) is 9.59 Å². The van der Waals surface area contributed by atoms with Gasteiger partial charge in [-0.3, -0.25) is 9.36 Å². The highest BCUT2D eigenvalue weighted by Crippen LogP contribution is 2.35. The number of fused-ring (bicyclic) bond motifs is 1. The normalized spacial score (nSPS) is 15.8. The Morgan fingerprint density at radius 1 is 1.18 bits per heavy atom. The maximum Gasteiger partial charge on any atom is 0.338 e. The zero-order valence-electron chi connectivity index (χ0n) is 18.5. The van der Waals surface area contributed by atoms with Gasteiger partial charge in [-0.1, -0.05) is 57.6 Å². The first-order valence-electron chi connectivity index (χ1n) is 10.6. The van der Waals surface area contributed by atoms with Crippen molar-refractivity contribution in [3.8, 4) is 5.75 Å². The second-order valence-corrected chi connectivity index (χ2v) is 9.25. The molecule has 3 aromatic rings. The third kappa shape index (κ3) is 4.58. The Kier molecular flexibility index (Phi) is 6.95. The number of rotatable bonds is 6. The molecule has 1 aliphatic rings. The number of ether oxygens (including phenoxy) is 2. The molecule has 8 heteroatoms. The van der Waals surface area contributed by atoms with Crippen LogP contribution in [0, 0.1) is 0 Å². The monoisotopic (exact) mass is 526 g/mol. The van der Waals surface area contributed by atoms with Gasteiger partial charge in [-0.15, -0.1) is 0 Å². The zero-order chi connectivity index (χ0) is 23.5. The van der Waals surface area contributed by atoms with E-state index in [-0.39, 0.29) is 12.2 Å². The fraction of sp³-hybridized carbons (Fsp3) is 0.240. The quantitative estimate of drug-likeness (QED) is 0.456. The van der Waals surface area contributed by atoms with Gasteiger partial charge in [-0.05, 0) is 50.6 Å². The summed E-state index contributed by atoms with van der Waals surface area (Å²) in [4.78, 5) is 31.8. The maximum absolute atomic E-state index is 13.6. The largest absolute Gasteiger partial charge is 0.494 e. The van der Waals surface area contributed by atoms with Gasteiger partial charge in [0.2, 0.25) is 0 Å². The molecule has 1 aromatic heterocycles. The second-order valence-electron chi connectivity index (χ2n) is 7.33. The highest BCUT2D eigenvalue weighted by atomic mass is 79.9. The SMILES string of the molecule is CCOC(=O)C1=C(C)N=c2s/c(=C\c3cccc(Br)c3)c(=O)n2[C@@H]1c1ccccc1OCC. The number of hydrogen-bond acceptors (Lipinski definition) is 6. The first-order chi connectivity index (χ1) is 15.9. The van der Waals surface area contributed by atoms with E-state index in [0.717, 1.165) is 10.0 Å². The Hall–Kier alpha value is -2.97. The van der Waals surface area contributed by atoms with E-state index >= 15 is 0 Å². The van der Waals surface area contributed by atoms with E-state index in [4.69, 9.17) is 9.47 Å². The molecule has 0 N–H and O–H groups in total. The lowest BCUT2D eigenvalue weighted by molar-refractivity contribution is -0.139. The fourth-order valence-electron chi connectivity index (χ4n) is 3.83. The van der Waals surface area contributed by atoms with Crippen molar-refractivity contribution >= 4 is 39.3 Å². The standard InChI is InChI=1S/C25H23BrN2O4S/c1-4-31-19-12-7-6-11-18(19)22-21(24(30)32-5-2)15(3)27-25-28(22)23(29)20(33-25)14-16-9-8-10-17(26)13-16/h6-14,22H,4-5H2,1-3H3/b20-14-/t22-/m1/s1. The summed E-state index contributed by atoms with van der Waals surface area (Å²) in [6.45, 7) is 6.10. The molecule has 0 bridgehead atoms. The molecule has 170 valence electrons. The molecule has 0 saturated carbocycles. The van der Waals surface area contributed by atoms with E-state index in [1.807, 2.05) is 61.5 Å². The number of esters is 1. The molecule has 0 fully saturated rings. The Labute approximate surface area is 203 Å². The maximum atomic E-state index is 13.6. The van der Waals surface area contributed by atoms with Crippen LogP contribution in [-0.4, -0.2) is 23.8 Å². The molecule has 0 radical (unpaired) electrons. The number of allylic oxidation sites excluding steroid dienone is 1. The molecule has 2 heterocycles. The van der Waals surface area contributed by atoms with Gasteiger partial charge in [0.1, 0.15) is 11.8 Å². The van der Waals surface area contributed by atoms with Crippen molar-refractivity contribution in [2.75, 3.05) is 13.2 Å². The number of carbonyl (C=O) groups is 1. The van der Waals surface area contributed by atoms with Gasteiger partial charge in [-0.25, -0.2) is 9.79 Å². The lowest BCUT2D eigenvalue weighted by Gasteiger charge is -2.26. The van der Waals surface area contributed by atoms with Gasteiger partial charge in [0.15, 0.2) is 4.80 Å². The summed E-state index contributed by atoms with van der Waals surface area (Å²) < 4.78 is 14.2. The van der Waals surface area contributed by atoms with Crippen LogP contribution in [-0.2, 0) is 9.53 Å². The molecule has 6 nitrogen and oxygen atoms in total. The van der Waals surface area contributed by atoms with Gasteiger partial charge < -0.3 is 9.47 Å². The van der Waals surface area contributed by atoms with Crippen molar-refractivity contribution in [3.63, 3.8) is 0 Å². The van der Waals surface area contributed by atoms with Crippen LogP contribution in [0.1, 0.15) is 37.9 Å². The summed E-state index contributed by atoms with van der Waals surface area (Å²) in [5.74, 6) is 0.124. The molecule has 1 aliphatic heterocycles. The van der Waals surface area contributed by atoms with Crippen LogP contribution in [0.5, 0.6) is 5.75 Å². The Morgan fingerprint density at radius 2 is 1.97 bits per heavy atom. The predicted molar refractivity (Wildman–Crippen MR) is 132 cm³/mol. The third-order valence-electron chi connectivity index (χ3n) is 5.18. The summed E-state index contributed by atoms with van der Waals surface area (Å²) in [6, 6.07) is 14.5. The average Bonchev–Trinajstić information content (AvgIpc) is 3.08. The molecule has 0 aliphatic carbocycles. The number of thiazole rings is 1. The van der Waals surface area contributed by atoms with Crippen molar-refractivity contribution in [3.05, 3.63) is 95.1 Å². The number of hydrogen-bond donors (Lipinski definition) is 0. The van der Waals surface area contributed by atoms with Crippen molar-refractivity contribution in [1.82, 2.24) is 4.57 Å². The van der Waals surface area contributed by atoms with Crippen LogP contribution in [0.2, 0.25) is 0 Å². The highest BCUT2D eigenvalue weighted by molar-refractivity contribution is 9.10. The van der Waals surface area contributed by atoms with E-state index in [0.29, 0.717) is 38.5 Å². The van der Waals surface area contributed by atoms with E-state index < -0.39 is 12.0 Å². The number of halogens is 1. The van der Waals surface area contributed by atoms with Crippen molar-refractivity contribution in [2.24, 2.45) is 4.99 Å². The lowest BCUT2D eigenvalue weighted by Crippen LogP contribution is -2.40. The summed E-state index contributed by atoms with van der Waals surface area (Å²) in [5, 5.41) is 0. The van der Waals surface area contributed by atoms with Crippen LogP contribution in [0.4, 0.5) is 0 Å². The number of aromatic nitrogens is 1. The van der Waals surface area contributed by atoms with E-state index in [1.165, 1.54) is 11.3 Å². The number of carbonyl (C=O) groups excluding carboxylic acids is 1. The van der Waals surface area contributed by atoms with Crippen LogP contribution in [0.3, 0.4) is 0 Å². The molecular weight excluding hydrogens is 504 g/mol. The second kappa shape index (κ2) is 9.89. The summed E-state index contributed by atoms with van der Waals surface area (Å²) >= 11 is 4.77. The van der Waals surface area contributed by atoms with Gasteiger partial charge in [0.05, 0.1) is 29.0 Å². The van der Waals surface area contributed by atoms with Crippen LogP contribution >= 0.6 is 27.3 Å². The molecule has 0 saturated heterocycles. The van der Waals surface area contributed by atoms with Crippen molar-refractivity contribution < 1.29 is 14.3 Å². The first kappa shape index (κ1) is 23.2. The minimum atomic E-state index is -0.701. The van der Waals surface area contributed by atoms with Gasteiger partial charge >= 0.3 is 5.97 Å². The smallest absolute Gasteiger partial charge is 0.338 e. The Balaban J connectivity index is 1.99. The number of benzene rings is 2. The molecule has 2 aromatic carbocycles. The minimum absolute atomic E-state index is 0.218. The minimum Gasteiger partial charge on any atom is -0.494 e. The Morgan fingerprint density at radius 3 is 2.70 bits per heavy atom. The summed E-state index contributed by atoms with van der Waals surface area (Å²) in [6.07, 6.45) is 1.84. The highest BCUT2D eigenvalue weighted by Gasteiger charge is 2.34. The predicted octanol–water partition coefficient (Wildman–Crippen LogP) is 3.96. The van der Waals surface area contributed by atoms with Gasteiger partial charge in [-0.2, -0.15) is 0 Å². The van der Waals surface area contributed by atoms with E-state index in [2.05, 4.69) is 20.9 Å². The molecule has 1 atom stereocenters. The topological polar surface area (TPSA) is 69.9 Å². The molecular formula is C25H23BrN2O4S. The van der Waals surface area contributed by atoms with Crippen LogP contribution in [0.25, 0.3) is 6.08 Å². The Bertz CT molecular complexity index is 1420. The van der Waals surface area contributed by atoms with Crippen LogP contribution < -0.4 is 19.6 Å².